The van der Waals surface area contributed by atoms with Crippen molar-refractivity contribution >= 4 is 52.3 Å². The third kappa shape index (κ3) is 3.86. The summed E-state index contributed by atoms with van der Waals surface area (Å²) in [6, 6.07) is 15.8. The van der Waals surface area contributed by atoms with Crippen LogP contribution in [0.15, 0.2) is 48.5 Å². The van der Waals surface area contributed by atoms with Crippen LogP contribution in [0.3, 0.4) is 0 Å². The molecule has 26 heavy (non-hydrogen) atoms. The normalized spacial score (nSPS) is 16.2. The zero-order valence-electron chi connectivity index (χ0n) is 14.1. The Balaban J connectivity index is 0.00000121. The SMILES string of the molecule is Cl.Cl.NCc1ccc(C(=O)N2CCCC2c2nc3ccccc3s2)cc1. The standard InChI is InChI=1S/C19H19N3OS.2ClH/c20-12-13-7-9-14(10-8-13)19(23)22-11-3-5-16(22)18-21-15-4-1-2-6-17(15)24-18;;/h1-2,4,6-10,16H,3,5,11-12,20H2;2*1H. The minimum absolute atomic E-state index is 0. The number of amides is 1. The van der Waals surface area contributed by atoms with Gasteiger partial charge in [-0.3, -0.25) is 4.79 Å². The molecule has 1 saturated heterocycles. The summed E-state index contributed by atoms with van der Waals surface area (Å²) in [6.07, 6.45) is 2.00. The number of hydrogen-bond donors (Lipinski definition) is 1. The third-order valence-corrected chi connectivity index (χ3v) is 5.68. The second kappa shape index (κ2) is 8.82. The van der Waals surface area contributed by atoms with E-state index < -0.39 is 0 Å². The van der Waals surface area contributed by atoms with Gasteiger partial charge in [-0.1, -0.05) is 24.3 Å². The van der Waals surface area contributed by atoms with E-state index in [0.29, 0.717) is 6.54 Å². The van der Waals surface area contributed by atoms with Crippen LogP contribution in [-0.2, 0) is 6.54 Å². The summed E-state index contributed by atoms with van der Waals surface area (Å²) in [7, 11) is 0. The van der Waals surface area contributed by atoms with Gasteiger partial charge in [-0.25, -0.2) is 4.98 Å². The van der Waals surface area contributed by atoms with E-state index in [9.17, 15) is 4.79 Å². The van der Waals surface area contributed by atoms with Crippen LogP contribution < -0.4 is 5.73 Å². The Morgan fingerprint density at radius 1 is 1.15 bits per heavy atom. The number of halogens is 2. The highest BCUT2D eigenvalue weighted by Crippen LogP contribution is 2.37. The van der Waals surface area contributed by atoms with Crippen LogP contribution in [0.1, 0.15) is 39.8 Å². The summed E-state index contributed by atoms with van der Waals surface area (Å²) >= 11 is 1.70. The van der Waals surface area contributed by atoms with Crippen molar-refractivity contribution in [3.05, 3.63) is 64.7 Å². The number of nitrogens with two attached hydrogens (primary N) is 1. The average molecular weight is 410 g/mol. The number of thiazole rings is 1. The molecule has 2 N–H and O–H groups in total. The van der Waals surface area contributed by atoms with E-state index in [1.54, 1.807) is 11.3 Å². The van der Waals surface area contributed by atoms with Crippen molar-refractivity contribution in [2.24, 2.45) is 5.73 Å². The Hall–Kier alpha value is -1.66. The van der Waals surface area contributed by atoms with E-state index in [1.165, 1.54) is 4.70 Å². The van der Waals surface area contributed by atoms with Gasteiger partial charge in [-0.2, -0.15) is 0 Å². The molecule has 0 saturated carbocycles. The van der Waals surface area contributed by atoms with Gasteiger partial charge in [0, 0.05) is 18.7 Å². The molecule has 1 aliphatic rings. The summed E-state index contributed by atoms with van der Waals surface area (Å²) in [5, 5.41) is 1.04. The van der Waals surface area contributed by atoms with Crippen LogP contribution in [0.25, 0.3) is 10.2 Å². The van der Waals surface area contributed by atoms with Crippen LogP contribution in [0.2, 0.25) is 0 Å². The lowest BCUT2D eigenvalue weighted by Crippen LogP contribution is -2.30. The highest BCUT2D eigenvalue weighted by molar-refractivity contribution is 7.18. The Labute approximate surface area is 169 Å². The molecule has 1 aliphatic heterocycles. The van der Waals surface area contributed by atoms with Crippen LogP contribution in [0.4, 0.5) is 0 Å². The van der Waals surface area contributed by atoms with Gasteiger partial charge < -0.3 is 10.6 Å². The molecular weight excluding hydrogens is 389 g/mol. The molecule has 138 valence electrons. The minimum Gasteiger partial charge on any atom is -0.329 e. The zero-order chi connectivity index (χ0) is 16.5. The zero-order valence-corrected chi connectivity index (χ0v) is 16.6. The quantitative estimate of drug-likeness (QED) is 0.688. The lowest BCUT2D eigenvalue weighted by molar-refractivity contribution is 0.0735. The fourth-order valence-corrected chi connectivity index (χ4v) is 4.36. The topological polar surface area (TPSA) is 59.2 Å². The molecule has 0 radical (unpaired) electrons. The summed E-state index contributed by atoms with van der Waals surface area (Å²) in [5.74, 6) is 0.0836. The molecule has 7 heteroatoms. The Morgan fingerprint density at radius 2 is 1.88 bits per heavy atom. The van der Waals surface area contributed by atoms with Gasteiger partial charge in [0.05, 0.1) is 16.3 Å². The van der Waals surface area contributed by atoms with E-state index in [1.807, 2.05) is 47.4 Å². The second-order valence-corrected chi connectivity index (χ2v) is 7.14. The molecule has 4 rings (SSSR count). The van der Waals surface area contributed by atoms with Gasteiger partial charge in [0.1, 0.15) is 5.01 Å². The molecule has 1 amide bonds. The fraction of sp³-hybridized carbons (Fsp3) is 0.263. The Bertz CT molecular complexity index is 849. The Kier molecular flexibility index (Phi) is 7.01. The maximum absolute atomic E-state index is 12.9. The van der Waals surface area contributed by atoms with Crippen molar-refractivity contribution in [1.29, 1.82) is 0 Å². The van der Waals surface area contributed by atoms with Gasteiger partial charge in [0.15, 0.2) is 0 Å². The molecule has 0 bridgehead atoms. The summed E-state index contributed by atoms with van der Waals surface area (Å²) in [4.78, 5) is 19.6. The van der Waals surface area contributed by atoms with Crippen LogP contribution in [0.5, 0.6) is 0 Å². The summed E-state index contributed by atoms with van der Waals surface area (Å²) < 4.78 is 1.18. The van der Waals surface area contributed by atoms with Gasteiger partial charge in [-0.15, -0.1) is 36.2 Å². The number of carbonyl (C=O) groups is 1. The molecule has 4 nitrogen and oxygen atoms in total. The van der Waals surface area contributed by atoms with Crippen molar-refractivity contribution in [2.45, 2.75) is 25.4 Å². The number of rotatable bonds is 3. The average Bonchev–Trinajstić information content (AvgIpc) is 3.27. The molecule has 1 fully saturated rings. The number of aromatic nitrogens is 1. The van der Waals surface area contributed by atoms with E-state index >= 15 is 0 Å². The largest absolute Gasteiger partial charge is 0.329 e. The van der Waals surface area contributed by atoms with E-state index in [2.05, 4.69) is 6.07 Å². The van der Waals surface area contributed by atoms with Crippen molar-refractivity contribution in [3.63, 3.8) is 0 Å². The van der Waals surface area contributed by atoms with Gasteiger partial charge >= 0.3 is 0 Å². The van der Waals surface area contributed by atoms with Gasteiger partial charge in [0.25, 0.3) is 5.91 Å². The minimum atomic E-state index is 0. The van der Waals surface area contributed by atoms with E-state index in [0.717, 1.165) is 41.0 Å². The number of benzene rings is 2. The van der Waals surface area contributed by atoms with Gasteiger partial charge in [0.2, 0.25) is 0 Å². The predicted octanol–water partition coefficient (Wildman–Crippen LogP) is 4.58. The first-order valence-corrected chi connectivity index (χ1v) is 9.03. The molecule has 1 atom stereocenters. The molecule has 0 spiro atoms. The molecule has 0 aliphatic carbocycles. The number of carbonyl (C=O) groups excluding carboxylic acids is 1. The fourth-order valence-electron chi connectivity index (χ4n) is 3.25. The highest BCUT2D eigenvalue weighted by atomic mass is 35.5. The van der Waals surface area contributed by atoms with Crippen LogP contribution >= 0.6 is 36.2 Å². The summed E-state index contributed by atoms with van der Waals surface area (Å²) in [5.41, 5.74) is 8.41. The van der Waals surface area contributed by atoms with Crippen molar-refractivity contribution in [1.82, 2.24) is 9.88 Å². The number of likely N-dealkylation sites (tertiary alicyclic amines) is 1. The number of para-hydroxylation sites is 1. The lowest BCUT2D eigenvalue weighted by atomic mass is 10.1. The molecule has 2 heterocycles. The van der Waals surface area contributed by atoms with Crippen molar-refractivity contribution < 1.29 is 4.79 Å². The first-order chi connectivity index (χ1) is 11.8. The molecule has 2 aromatic carbocycles. The first kappa shape index (κ1) is 20.6. The molecular formula is C19H21Cl2N3OS. The summed E-state index contributed by atoms with van der Waals surface area (Å²) in [6.45, 7) is 1.28. The predicted molar refractivity (Wildman–Crippen MR) is 111 cm³/mol. The van der Waals surface area contributed by atoms with Crippen LogP contribution in [-0.4, -0.2) is 22.3 Å². The van der Waals surface area contributed by atoms with Crippen molar-refractivity contribution in [3.8, 4) is 0 Å². The molecule has 1 aromatic heterocycles. The highest BCUT2D eigenvalue weighted by Gasteiger charge is 2.32. The third-order valence-electron chi connectivity index (χ3n) is 4.55. The molecule has 3 aromatic rings. The van der Waals surface area contributed by atoms with E-state index in [-0.39, 0.29) is 36.8 Å². The maximum atomic E-state index is 12.9. The maximum Gasteiger partial charge on any atom is 0.254 e. The monoisotopic (exact) mass is 409 g/mol. The molecule has 1 unspecified atom stereocenters. The lowest BCUT2D eigenvalue weighted by Gasteiger charge is -2.23. The van der Waals surface area contributed by atoms with Crippen molar-refractivity contribution in [2.75, 3.05) is 6.54 Å². The smallest absolute Gasteiger partial charge is 0.254 e. The number of fused-ring (bicyclic) bond motifs is 1. The van der Waals surface area contributed by atoms with Crippen LogP contribution in [0, 0.1) is 0 Å². The first-order valence-electron chi connectivity index (χ1n) is 8.22. The number of nitrogens with zero attached hydrogens (tertiary/aromatic N) is 2. The van der Waals surface area contributed by atoms with Gasteiger partial charge in [-0.05, 0) is 42.7 Å². The number of hydrogen-bond acceptors (Lipinski definition) is 4. The Morgan fingerprint density at radius 3 is 2.58 bits per heavy atom. The second-order valence-electron chi connectivity index (χ2n) is 6.08. The van der Waals surface area contributed by atoms with E-state index in [4.69, 9.17) is 10.7 Å².